The van der Waals surface area contributed by atoms with Crippen LogP contribution in [-0.2, 0) is 4.74 Å². The molecule has 1 saturated heterocycles. The van der Waals surface area contributed by atoms with Gasteiger partial charge in [0.2, 0.25) is 5.88 Å². The van der Waals surface area contributed by atoms with E-state index in [0.29, 0.717) is 5.16 Å². The average molecular weight is 358 g/mol. The van der Waals surface area contributed by atoms with Crippen LogP contribution in [0.5, 0.6) is 5.88 Å². The molecule has 0 spiro atoms. The third-order valence-corrected chi connectivity index (χ3v) is 4.32. The minimum Gasteiger partial charge on any atom is -0.476 e. The molecule has 4 atom stereocenters. The molecule has 2 aromatic heterocycles. The van der Waals surface area contributed by atoms with Crippen molar-refractivity contribution in [2.75, 3.05) is 19.5 Å². The highest BCUT2D eigenvalue weighted by atomic mass is 32.2. The SMILES string of the molecule is CCOc1nn(C2OC(CO)C(O)C2O)c2nc(SC)[nH]c(=O)c12. The molecule has 2 aromatic rings. The maximum absolute atomic E-state index is 12.3. The molecule has 1 aliphatic heterocycles. The maximum atomic E-state index is 12.3. The van der Waals surface area contributed by atoms with E-state index in [1.54, 1.807) is 13.2 Å². The van der Waals surface area contributed by atoms with Crippen molar-refractivity contribution >= 4 is 22.8 Å². The minimum atomic E-state index is -1.33. The number of rotatable bonds is 5. The summed E-state index contributed by atoms with van der Waals surface area (Å²) in [4.78, 5) is 19.2. The first-order chi connectivity index (χ1) is 11.5. The first-order valence-corrected chi connectivity index (χ1v) is 8.56. The standard InChI is InChI=1S/C13H18N4O6S/c1-3-22-11-6-9(14-13(24-2)15-10(6)21)17(16-11)12-8(20)7(19)5(4-18)23-12/h5,7-8,12,18-20H,3-4H2,1-2H3,(H,14,15,21). The Hall–Kier alpha value is -1.66. The third-order valence-electron chi connectivity index (χ3n) is 3.74. The van der Waals surface area contributed by atoms with Gasteiger partial charge in [-0.3, -0.25) is 4.79 Å². The summed E-state index contributed by atoms with van der Waals surface area (Å²) in [7, 11) is 0. The van der Waals surface area contributed by atoms with E-state index in [1.807, 2.05) is 0 Å². The molecular formula is C13H18N4O6S. The Kier molecular flexibility index (Phi) is 4.78. The summed E-state index contributed by atoms with van der Waals surface area (Å²) in [5.41, 5.74) is -0.257. The summed E-state index contributed by atoms with van der Waals surface area (Å²) >= 11 is 1.24. The molecule has 1 aliphatic rings. The number of H-pyrrole nitrogens is 1. The Balaban J connectivity index is 2.17. The van der Waals surface area contributed by atoms with Crippen LogP contribution in [0.4, 0.5) is 0 Å². The lowest BCUT2D eigenvalue weighted by atomic mass is 10.1. The zero-order valence-electron chi connectivity index (χ0n) is 13.0. The Labute approximate surface area is 140 Å². The smallest absolute Gasteiger partial charge is 0.266 e. The highest BCUT2D eigenvalue weighted by molar-refractivity contribution is 7.98. The molecule has 0 bridgehead atoms. The summed E-state index contributed by atoms with van der Waals surface area (Å²) in [5, 5.41) is 34.0. The van der Waals surface area contributed by atoms with Crippen molar-refractivity contribution in [3.63, 3.8) is 0 Å². The monoisotopic (exact) mass is 358 g/mol. The Morgan fingerprint density at radius 1 is 1.42 bits per heavy atom. The number of aromatic nitrogens is 4. The van der Waals surface area contributed by atoms with Gasteiger partial charge in [0.15, 0.2) is 17.0 Å². The van der Waals surface area contributed by atoms with Gasteiger partial charge in [-0.05, 0) is 13.2 Å². The Morgan fingerprint density at radius 2 is 2.17 bits per heavy atom. The third kappa shape index (κ3) is 2.67. The largest absolute Gasteiger partial charge is 0.476 e. The van der Waals surface area contributed by atoms with Gasteiger partial charge in [-0.2, -0.15) is 0 Å². The Morgan fingerprint density at radius 3 is 2.75 bits per heavy atom. The van der Waals surface area contributed by atoms with E-state index in [9.17, 15) is 20.1 Å². The molecule has 0 aromatic carbocycles. The molecule has 0 amide bonds. The molecule has 24 heavy (non-hydrogen) atoms. The Bertz CT molecular complexity index is 793. The molecule has 132 valence electrons. The summed E-state index contributed by atoms with van der Waals surface area (Å²) in [5.74, 6) is 0.0617. The van der Waals surface area contributed by atoms with Gasteiger partial charge in [-0.15, -0.1) is 5.10 Å². The first-order valence-electron chi connectivity index (χ1n) is 7.33. The van der Waals surface area contributed by atoms with Crippen LogP contribution in [-0.4, -0.2) is 72.8 Å². The van der Waals surface area contributed by atoms with E-state index in [1.165, 1.54) is 16.4 Å². The van der Waals surface area contributed by atoms with Crippen molar-refractivity contribution in [3.8, 4) is 5.88 Å². The number of aliphatic hydroxyl groups excluding tert-OH is 3. The summed E-state index contributed by atoms with van der Waals surface area (Å²) in [6.07, 6.45) is -2.92. The lowest BCUT2D eigenvalue weighted by Gasteiger charge is -2.15. The van der Waals surface area contributed by atoms with Gasteiger partial charge >= 0.3 is 0 Å². The van der Waals surface area contributed by atoms with Gasteiger partial charge in [0, 0.05) is 0 Å². The normalized spacial score (nSPS) is 27.0. The first kappa shape index (κ1) is 17.2. The lowest BCUT2D eigenvalue weighted by molar-refractivity contribution is -0.0570. The number of thioether (sulfide) groups is 1. The predicted molar refractivity (Wildman–Crippen MR) is 84.1 cm³/mol. The number of nitrogens with one attached hydrogen (secondary N) is 1. The fraction of sp³-hybridized carbons (Fsp3) is 0.615. The lowest BCUT2D eigenvalue weighted by Crippen LogP contribution is -2.33. The molecule has 0 saturated carbocycles. The number of hydrogen-bond acceptors (Lipinski definition) is 9. The second kappa shape index (κ2) is 6.69. The number of aliphatic hydroxyl groups is 3. The molecule has 11 heteroatoms. The van der Waals surface area contributed by atoms with Gasteiger partial charge in [-0.25, -0.2) is 9.67 Å². The van der Waals surface area contributed by atoms with E-state index >= 15 is 0 Å². The molecule has 4 unspecified atom stereocenters. The van der Waals surface area contributed by atoms with Crippen LogP contribution in [0.25, 0.3) is 11.0 Å². The molecule has 0 aliphatic carbocycles. The fourth-order valence-corrected chi connectivity index (χ4v) is 2.96. The molecule has 4 N–H and O–H groups in total. The molecule has 1 fully saturated rings. The summed E-state index contributed by atoms with van der Waals surface area (Å²) in [6, 6.07) is 0. The number of aromatic amines is 1. The maximum Gasteiger partial charge on any atom is 0.266 e. The quantitative estimate of drug-likeness (QED) is 0.385. The number of hydrogen-bond donors (Lipinski definition) is 4. The van der Waals surface area contributed by atoms with Crippen molar-refractivity contribution in [3.05, 3.63) is 10.4 Å². The highest BCUT2D eigenvalue weighted by Gasteiger charge is 2.45. The van der Waals surface area contributed by atoms with E-state index in [2.05, 4.69) is 15.1 Å². The van der Waals surface area contributed by atoms with Gasteiger partial charge in [-0.1, -0.05) is 11.8 Å². The van der Waals surface area contributed by atoms with Gasteiger partial charge in [0.05, 0.1) is 13.2 Å². The fourth-order valence-electron chi connectivity index (χ4n) is 2.59. The topological polar surface area (TPSA) is 143 Å². The van der Waals surface area contributed by atoms with E-state index in [0.717, 1.165) is 0 Å². The van der Waals surface area contributed by atoms with Crippen molar-refractivity contribution in [2.24, 2.45) is 0 Å². The predicted octanol–water partition coefficient (Wildman–Crippen LogP) is -1.15. The number of fused-ring (bicyclic) bond motifs is 1. The van der Waals surface area contributed by atoms with Crippen molar-refractivity contribution < 1.29 is 24.8 Å². The molecular weight excluding hydrogens is 340 g/mol. The van der Waals surface area contributed by atoms with Crippen LogP contribution < -0.4 is 10.3 Å². The van der Waals surface area contributed by atoms with E-state index < -0.39 is 36.7 Å². The summed E-state index contributed by atoms with van der Waals surface area (Å²) in [6.45, 7) is 1.57. The average Bonchev–Trinajstić information content (AvgIpc) is 3.07. The van der Waals surface area contributed by atoms with Gasteiger partial charge in [0.25, 0.3) is 5.56 Å². The molecule has 0 radical (unpaired) electrons. The van der Waals surface area contributed by atoms with Gasteiger partial charge < -0.3 is 29.8 Å². The van der Waals surface area contributed by atoms with Crippen LogP contribution in [0.2, 0.25) is 0 Å². The molecule has 10 nitrogen and oxygen atoms in total. The van der Waals surface area contributed by atoms with E-state index in [4.69, 9.17) is 9.47 Å². The second-order valence-corrected chi connectivity index (χ2v) is 5.98. The van der Waals surface area contributed by atoms with E-state index in [-0.39, 0.29) is 23.5 Å². The van der Waals surface area contributed by atoms with Crippen LogP contribution in [0.15, 0.2) is 9.95 Å². The molecule has 3 rings (SSSR count). The number of nitrogens with zero attached hydrogens (tertiary/aromatic N) is 3. The van der Waals surface area contributed by atoms with Crippen LogP contribution in [0, 0.1) is 0 Å². The van der Waals surface area contributed by atoms with Crippen LogP contribution in [0.1, 0.15) is 13.2 Å². The van der Waals surface area contributed by atoms with Crippen molar-refractivity contribution in [1.29, 1.82) is 0 Å². The van der Waals surface area contributed by atoms with Crippen molar-refractivity contribution in [1.82, 2.24) is 19.7 Å². The zero-order valence-corrected chi connectivity index (χ0v) is 13.9. The van der Waals surface area contributed by atoms with Crippen molar-refractivity contribution in [2.45, 2.75) is 36.6 Å². The minimum absolute atomic E-state index is 0.0617. The highest BCUT2D eigenvalue weighted by Crippen LogP contribution is 2.33. The second-order valence-electron chi connectivity index (χ2n) is 5.19. The number of ether oxygens (including phenoxy) is 2. The molecule has 3 heterocycles. The van der Waals surface area contributed by atoms with Crippen LogP contribution >= 0.6 is 11.8 Å². The van der Waals surface area contributed by atoms with Crippen LogP contribution in [0.3, 0.4) is 0 Å². The zero-order chi connectivity index (χ0) is 17.4. The van der Waals surface area contributed by atoms with Gasteiger partial charge in [0.1, 0.15) is 23.7 Å². The summed E-state index contributed by atoms with van der Waals surface area (Å²) < 4.78 is 12.1.